The second-order valence-corrected chi connectivity index (χ2v) is 11.6. The largest absolute Gasteiger partial charge is 0.416 e. The number of aliphatic hydroxyl groups is 2. The highest BCUT2D eigenvalue weighted by molar-refractivity contribution is 5.90. The Morgan fingerprint density at radius 1 is 1.15 bits per heavy atom. The number of benzene rings is 1. The summed E-state index contributed by atoms with van der Waals surface area (Å²) >= 11 is 0. The Labute approximate surface area is 225 Å². The van der Waals surface area contributed by atoms with Gasteiger partial charge in [0, 0.05) is 44.1 Å². The summed E-state index contributed by atoms with van der Waals surface area (Å²) in [6.45, 7) is 5.53. The van der Waals surface area contributed by atoms with Gasteiger partial charge in [-0.05, 0) is 42.4 Å². The Hall–Kier alpha value is -2.99. The molecule has 9 nitrogen and oxygen atoms in total. The van der Waals surface area contributed by atoms with Gasteiger partial charge < -0.3 is 20.4 Å². The van der Waals surface area contributed by atoms with Crippen LogP contribution in [-0.4, -0.2) is 73.8 Å². The summed E-state index contributed by atoms with van der Waals surface area (Å²) in [6, 6.07) is 2.96. The first-order valence-electron chi connectivity index (χ1n) is 13.3. The molecule has 2 aromatic rings. The zero-order valence-electron chi connectivity index (χ0n) is 22.4. The van der Waals surface area contributed by atoms with Gasteiger partial charge in [-0.3, -0.25) is 9.59 Å². The molecule has 3 unspecified atom stereocenters. The van der Waals surface area contributed by atoms with Gasteiger partial charge in [-0.2, -0.15) is 13.2 Å². The number of nitrogens with zero attached hydrogens (tertiary/aromatic N) is 4. The molecule has 0 bridgehead atoms. The summed E-state index contributed by atoms with van der Waals surface area (Å²) in [5.74, 6) is -0.895. The topological polar surface area (TPSA) is 121 Å². The third-order valence-corrected chi connectivity index (χ3v) is 7.42. The van der Waals surface area contributed by atoms with Gasteiger partial charge in [0.15, 0.2) is 0 Å². The quantitative estimate of drug-likeness (QED) is 0.441. The van der Waals surface area contributed by atoms with Crippen LogP contribution in [0.1, 0.15) is 81.2 Å². The summed E-state index contributed by atoms with van der Waals surface area (Å²) in [7, 11) is 0. The number of aliphatic hydroxyl groups excluding tert-OH is 2. The molecular weight excluding hydrogens is 515 g/mol. The van der Waals surface area contributed by atoms with E-state index in [9.17, 15) is 33.0 Å². The van der Waals surface area contributed by atoms with E-state index in [4.69, 9.17) is 0 Å². The van der Waals surface area contributed by atoms with Crippen LogP contribution in [0.4, 0.5) is 13.2 Å². The lowest BCUT2D eigenvalue weighted by Crippen LogP contribution is -2.50. The van der Waals surface area contributed by atoms with Crippen LogP contribution in [0, 0.1) is 5.41 Å². The van der Waals surface area contributed by atoms with E-state index in [0.717, 1.165) is 30.7 Å². The van der Waals surface area contributed by atoms with E-state index >= 15 is 0 Å². The first kappa shape index (κ1) is 29.0. The third-order valence-electron chi connectivity index (χ3n) is 7.42. The number of amides is 2. The van der Waals surface area contributed by atoms with Gasteiger partial charge in [0.25, 0.3) is 0 Å². The van der Waals surface area contributed by atoms with Gasteiger partial charge in [0.1, 0.15) is 12.1 Å². The molecule has 1 aliphatic carbocycles. The van der Waals surface area contributed by atoms with Crippen LogP contribution in [0.2, 0.25) is 0 Å². The average molecular weight is 552 g/mol. The maximum atomic E-state index is 13.8. The molecule has 4 rings (SSSR count). The van der Waals surface area contributed by atoms with E-state index in [2.05, 4.69) is 15.6 Å². The molecule has 1 saturated carbocycles. The van der Waals surface area contributed by atoms with Crippen molar-refractivity contribution < 1.29 is 33.0 Å². The summed E-state index contributed by atoms with van der Waals surface area (Å²) in [5.41, 5.74) is 0.0416. The standard InChI is InChI=1S/C27H36F3N5O4/c1-26(2,3)23(35-15-21(32-33-35)17-4-5-17)25(39)34-14-20(37)12-22(34)24(38)31-13-18(10-11-36)16-6-8-19(9-7-16)27(28,29)30/h6-9,15,17-18,20,22-23,36-37H,4-5,10-14H2,1-3H3,(H,31,38)/t18?,20?,22?,23-/m1/s1. The molecule has 0 radical (unpaired) electrons. The van der Waals surface area contributed by atoms with E-state index in [1.54, 1.807) is 10.9 Å². The minimum Gasteiger partial charge on any atom is -0.396 e. The number of aromatic nitrogens is 3. The van der Waals surface area contributed by atoms with Crippen LogP contribution < -0.4 is 5.32 Å². The number of likely N-dealkylation sites (tertiary alicyclic amines) is 1. The van der Waals surface area contributed by atoms with E-state index in [0.29, 0.717) is 11.5 Å². The predicted molar refractivity (Wildman–Crippen MR) is 136 cm³/mol. The van der Waals surface area contributed by atoms with Crippen molar-refractivity contribution in [3.05, 3.63) is 47.3 Å². The maximum absolute atomic E-state index is 13.8. The molecule has 2 amide bonds. The lowest BCUT2D eigenvalue weighted by atomic mass is 9.85. The van der Waals surface area contributed by atoms with E-state index in [-0.39, 0.29) is 38.4 Å². The van der Waals surface area contributed by atoms with E-state index in [1.807, 2.05) is 20.8 Å². The van der Waals surface area contributed by atoms with E-state index in [1.165, 1.54) is 17.0 Å². The zero-order chi connectivity index (χ0) is 28.5. The summed E-state index contributed by atoms with van der Waals surface area (Å²) in [4.78, 5) is 28.5. The van der Waals surface area contributed by atoms with Crippen molar-refractivity contribution in [3.8, 4) is 0 Å². The molecule has 214 valence electrons. The highest BCUT2D eigenvalue weighted by Gasteiger charge is 2.45. The molecule has 2 fully saturated rings. The maximum Gasteiger partial charge on any atom is 0.416 e. The Balaban J connectivity index is 1.48. The Kier molecular flexibility index (Phi) is 8.36. The number of alkyl halides is 3. The van der Waals surface area contributed by atoms with Crippen LogP contribution in [0.5, 0.6) is 0 Å². The molecule has 1 aromatic carbocycles. The van der Waals surface area contributed by atoms with Crippen LogP contribution in [0.25, 0.3) is 0 Å². The lowest BCUT2D eigenvalue weighted by Gasteiger charge is -2.34. The normalized spacial score (nSPS) is 21.6. The molecule has 4 atom stereocenters. The van der Waals surface area contributed by atoms with Crippen molar-refractivity contribution in [2.24, 2.45) is 5.41 Å². The number of β-amino-alcohol motifs (C(OH)–C–C–N with tert-alkyl or cyclic N) is 1. The fraction of sp³-hybridized carbons (Fsp3) is 0.630. The highest BCUT2D eigenvalue weighted by atomic mass is 19.4. The second-order valence-electron chi connectivity index (χ2n) is 11.6. The zero-order valence-corrected chi connectivity index (χ0v) is 22.4. The van der Waals surface area contributed by atoms with Gasteiger partial charge in [0.05, 0.1) is 17.4 Å². The molecule has 2 aliphatic rings. The Bertz CT molecular complexity index is 1160. The number of hydrogen-bond donors (Lipinski definition) is 3. The fourth-order valence-corrected chi connectivity index (χ4v) is 5.15. The van der Waals surface area contributed by atoms with Crippen molar-refractivity contribution >= 4 is 11.8 Å². The molecule has 12 heteroatoms. The molecule has 0 spiro atoms. The Morgan fingerprint density at radius 2 is 1.82 bits per heavy atom. The third kappa shape index (κ3) is 6.78. The highest BCUT2D eigenvalue weighted by Crippen LogP contribution is 2.40. The van der Waals surface area contributed by atoms with Crippen LogP contribution in [0.3, 0.4) is 0 Å². The SMILES string of the molecule is CC(C)(C)[C@@H](C(=O)N1CC(O)CC1C(=O)NCC(CCO)c1ccc(C(F)(F)F)cc1)n1cc(C2CC2)nn1. The molecule has 1 aromatic heterocycles. The van der Waals surface area contributed by atoms with Crippen molar-refractivity contribution in [3.63, 3.8) is 0 Å². The van der Waals surface area contributed by atoms with Gasteiger partial charge in [-0.15, -0.1) is 5.10 Å². The van der Waals surface area contributed by atoms with Crippen LogP contribution in [0.15, 0.2) is 30.5 Å². The van der Waals surface area contributed by atoms with Crippen molar-refractivity contribution in [2.75, 3.05) is 19.7 Å². The van der Waals surface area contributed by atoms with Gasteiger partial charge in [-0.1, -0.05) is 38.1 Å². The molecule has 39 heavy (non-hydrogen) atoms. The van der Waals surface area contributed by atoms with E-state index < -0.39 is 47.2 Å². The molecular formula is C27H36F3N5O4. The number of carbonyl (C=O) groups is 2. The van der Waals surface area contributed by atoms with Crippen LogP contribution >= 0.6 is 0 Å². The number of hydrogen-bond acceptors (Lipinski definition) is 6. The number of nitrogens with one attached hydrogen (secondary N) is 1. The lowest BCUT2D eigenvalue weighted by molar-refractivity contribution is -0.144. The predicted octanol–water partition coefficient (Wildman–Crippen LogP) is 3.01. The van der Waals surface area contributed by atoms with Gasteiger partial charge >= 0.3 is 6.18 Å². The average Bonchev–Trinajstić information content (AvgIpc) is 3.47. The van der Waals surface area contributed by atoms with Crippen molar-refractivity contribution in [1.29, 1.82) is 0 Å². The number of halogens is 3. The van der Waals surface area contributed by atoms with Crippen molar-refractivity contribution in [2.45, 2.75) is 82.7 Å². The number of carbonyl (C=O) groups excluding carboxylic acids is 2. The summed E-state index contributed by atoms with van der Waals surface area (Å²) < 4.78 is 40.4. The van der Waals surface area contributed by atoms with Gasteiger partial charge in [-0.25, -0.2) is 4.68 Å². The molecule has 1 aliphatic heterocycles. The summed E-state index contributed by atoms with van der Waals surface area (Å²) in [5, 5.41) is 31.2. The molecule has 2 heterocycles. The minimum atomic E-state index is -4.46. The summed E-state index contributed by atoms with van der Waals surface area (Å²) in [6.07, 6.45) is -1.20. The minimum absolute atomic E-state index is 0.00729. The molecule has 3 N–H and O–H groups in total. The molecule has 1 saturated heterocycles. The smallest absolute Gasteiger partial charge is 0.396 e. The van der Waals surface area contributed by atoms with Gasteiger partial charge in [0.2, 0.25) is 11.8 Å². The number of rotatable bonds is 9. The first-order valence-corrected chi connectivity index (χ1v) is 13.3. The first-order chi connectivity index (χ1) is 18.3. The van der Waals surface area contributed by atoms with Crippen molar-refractivity contribution in [1.82, 2.24) is 25.2 Å². The fourth-order valence-electron chi connectivity index (χ4n) is 5.15. The monoisotopic (exact) mass is 551 g/mol. The Morgan fingerprint density at radius 3 is 2.38 bits per heavy atom. The second kappa shape index (κ2) is 11.2. The van der Waals surface area contributed by atoms with Crippen LogP contribution in [-0.2, 0) is 15.8 Å².